The zero-order valence-electron chi connectivity index (χ0n) is 9.06. The van der Waals surface area contributed by atoms with Crippen LogP contribution in [0.1, 0.15) is 6.92 Å². The van der Waals surface area contributed by atoms with Crippen LogP contribution in [0.2, 0.25) is 0 Å². The zero-order chi connectivity index (χ0) is 11.5. The van der Waals surface area contributed by atoms with Crippen LogP contribution in [0.25, 0.3) is 11.1 Å². The summed E-state index contributed by atoms with van der Waals surface area (Å²) in [4.78, 5) is 15.4. The average Bonchev–Trinajstić information content (AvgIpc) is 2.69. The second kappa shape index (κ2) is 4.22. The predicted octanol–water partition coefficient (Wildman–Crippen LogP) is 1.80. The third-order valence-corrected chi connectivity index (χ3v) is 2.19. The molecule has 5 nitrogen and oxygen atoms in total. The van der Waals surface area contributed by atoms with Gasteiger partial charge in [0.1, 0.15) is 11.6 Å². The lowest BCUT2D eigenvalue weighted by Gasteiger charge is -2.08. The predicted molar refractivity (Wildman–Crippen MR) is 59.1 cm³/mol. The lowest BCUT2D eigenvalue weighted by atomic mass is 10.3. The average molecular weight is 220 g/mol. The first kappa shape index (κ1) is 10.5. The van der Waals surface area contributed by atoms with Crippen LogP contribution in [0.3, 0.4) is 0 Å². The molecule has 0 aliphatic carbocycles. The van der Waals surface area contributed by atoms with Gasteiger partial charge in [-0.2, -0.15) is 4.98 Å². The van der Waals surface area contributed by atoms with E-state index in [1.165, 1.54) is 7.11 Å². The van der Waals surface area contributed by atoms with E-state index in [-0.39, 0.29) is 5.97 Å². The van der Waals surface area contributed by atoms with Crippen LogP contribution >= 0.6 is 0 Å². The second-order valence-electron chi connectivity index (χ2n) is 3.38. The van der Waals surface area contributed by atoms with Crippen molar-refractivity contribution in [3.63, 3.8) is 0 Å². The van der Waals surface area contributed by atoms with Gasteiger partial charge in [-0.3, -0.25) is 0 Å². The lowest BCUT2D eigenvalue weighted by Crippen LogP contribution is -2.27. The first-order valence-corrected chi connectivity index (χ1v) is 4.90. The summed E-state index contributed by atoms with van der Waals surface area (Å²) >= 11 is 0. The largest absolute Gasteiger partial charge is 0.467 e. The Kier molecular flexibility index (Phi) is 2.76. The van der Waals surface area contributed by atoms with Gasteiger partial charge in [0.2, 0.25) is 0 Å². The Hall–Kier alpha value is -2.04. The molecule has 0 radical (unpaired) electrons. The van der Waals surface area contributed by atoms with Crippen LogP contribution in [0.15, 0.2) is 28.7 Å². The highest BCUT2D eigenvalue weighted by molar-refractivity contribution is 5.79. The molecule has 2 aromatic rings. The molecule has 1 N–H and O–H groups in total. The number of hydrogen-bond donors (Lipinski definition) is 1. The molecule has 1 unspecified atom stereocenters. The van der Waals surface area contributed by atoms with Crippen LogP contribution in [0.4, 0.5) is 6.01 Å². The zero-order valence-corrected chi connectivity index (χ0v) is 9.06. The maximum absolute atomic E-state index is 11.2. The summed E-state index contributed by atoms with van der Waals surface area (Å²) in [7, 11) is 1.34. The van der Waals surface area contributed by atoms with E-state index < -0.39 is 6.04 Å². The molecule has 16 heavy (non-hydrogen) atoms. The van der Waals surface area contributed by atoms with Crippen LogP contribution in [0.5, 0.6) is 0 Å². The number of anilines is 1. The van der Waals surface area contributed by atoms with Crippen molar-refractivity contribution >= 4 is 23.1 Å². The molecule has 0 aliphatic heterocycles. The van der Waals surface area contributed by atoms with Gasteiger partial charge in [0, 0.05) is 0 Å². The molecule has 0 saturated carbocycles. The Balaban J connectivity index is 2.18. The molecule has 0 fully saturated rings. The van der Waals surface area contributed by atoms with Crippen LogP contribution < -0.4 is 5.32 Å². The summed E-state index contributed by atoms with van der Waals surface area (Å²) in [6, 6.07) is 7.22. The van der Waals surface area contributed by atoms with Crippen molar-refractivity contribution < 1.29 is 13.9 Å². The number of methoxy groups -OCH3 is 1. The van der Waals surface area contributed by atoms with Crippen molar-refractivity contribution in [1.82, 2.24) is 4.98 Å². The molecule has 2 rings (SSSR count). The van der Waals surface area contributed by atoms with Gasteiger partial charge in [0.05, 0.1) is 7.11 Å². The van der Waals surface area contributed by atoms with E-state index in [4.69, 9.17) is 4.42 Å². The van der Waals surface area contributed by atoms with E-state index in [1.807, 2.05) is 24.3 Å². The van der Waals surface area contributed by atoms with E-state index >= 15 is 0 Å². The molecular weight excluding hydrogens is 208 g/mol. The minimum Gasteiger partial charge on any atom is -0.467 e. The van der Waals surface area contributed by atoms with Gasteiger partial charge in [-0.25, -0.2) is 4.79 Å². The molecule has 1 atom stereocenters. The number of benzene rings is 1. The fourth-order valence-corrected chi connectivity index (χ4v) is 1.35. The topological polar surface area (TPSA) is 64.4 Å². The van der Waals surface area contributed by atoms with Crippen LogP contribution in [-0.2, 0) is 9.53 Å². The molecule has 1 heterocycles. The maximum atomic E-state index is 11.2. The molecule has 0 amide bonds. The number of carbonyl (C=O) groups excluding carboxylic acids is 1. The molecule has 0 aliphatic rings. The number of ether oxygens (including phenoxy) is 1. The molecule has 0 bridgehead atoms. The van der Waals surface area contributed by atoms with Gasteiger partial charge in [0.15, 0.2) is 5.58 Å². The number of oxazole rings is 1. The lowest BCUT2D eigenvalue weighted by molar-refractivity contribution is -0.141. The molecule has 1 aromatic carbocycles. The summed E-state index contributed by atoms with van der Waals surface area (Å²) in [5.41, 5.74) is 1.43. The van der Waals surface area contributed by atoms with Crippen molar-refractivity contribution in [2.75, 3.05) is 12.4 Å². The van der Waals surface area contributed by atoms with E-state index in [1.54, 1.807) is 6.92 Å². The van der Waals surface area contributed by atoms with E-state index in [2.05, 4.69) is 15.0 Å². The number of nitrogens with one attached hydrogen (secondary N) is 1. The highest BCUT2D eigenvalue weighted by Crippen LogP contribution is 2.18. The van der Waals surface area contributed by atoms with Crippen LogP contribution in [-0.4, -0.2) is 24.1 Å². The van der Waals surface area contributed by atoms with Crippen molar-refractivity contribution in [2.24, 2.45) is 0 Å². The first-order chi connectivity index (χ1) is 7.70. The molecule has 0 spiro atoms. The van der Waals surface area contributed by atoms with E-state index in [0.29, 0.717) is 11.6 Å². The highest BCUT2D eigenvalue weighted by Gasteiger charge is 2.15. The number of hydrogen-bond acceptors (Lipinski definition) is 5. The van der Waals surface area contributed by atoms with Crippen molar-refractivity contribution in [3.05, 3.63) is 24.3 Å². The fraction of sp³-hybridized carbons (Fsp3) is 0.273. The third-order valence-electron chi connectivity index (χ3n) is 2.19. The smallest absolute Gasteiger partial charge is 0.328 e. The van der Waals surface area contributed by atoms with Crippen molar-refractivity contribution in [2.45, 2.75) is 13.0 Å². The third kappa shape index (κ3) is 1.98. The Morgan fingerprint density at radius 2 is 2.25 bits per heavy atom. The van der Waals surface area contributed by atoms with Crippen molar-refractivity contribution in [1.29, 1.82) is 0 Å². The SMILES string of the molecule is COC(=O)C(C)Nc1nc2ccccc2o1. The van der Waals surface area contributed by atoms with Gasteiger partial charge in [-0.1, -0.05) is 12.1 Å². The highest BCUT2D eigenvalue weighted by atomic mass is 16.5. The number of carbonyl (C=O) groups is 1. The Labute approximate surface area is 92.4 Å². The Morgan fingerprint density at radius 1 is 1.50 bits per heavy atom. The van der Waals surface area contributed by atoms with E-state index in [0.717, 1.165) is 5.52 Å². The maximum Gasteiger partial charge on any atom is 0.328 e. The summed E-state index contributed by atoms with van der Waals surface area (Å²) < 4.78 is 9.99. The van der Waals surface area contributed by atoms with Gasteiger partial charge in [-0.15, -0.1) is 0 Å². The molecule has 84 valence electrons. The number of fused-ring (bicyclic) bond motifs is 1. The van der Waals surface area contributed by atoms with Gasteiger partial charge in [0.25, 0.3) is 6.01 Å². The van der Waals surface area contributed by atoms with Crippen molar-refractivity contribution in [3.8, 4) is 0 Å². The number of nitrogens with zero attached hydrogens (tertiary/aromatic N) is 1. The summed E-state index contributed by atoms with van der Waals surface area (Å²) in [6.07, 6.45) is 0. The standard InChI is InChI=1S/C11H12N2O3/c1-7(10(14)15-2)12-11-13-8-5-3-4-6-9(8)16-11/h3-7H,1-2H3,(H,12,13). The second-order valence-corrected chi connectivity index (χ2v) is 3.38. The molecule has 5 heteroatoms. The number of esters is 1. The Bertz CT molecular complexity index is 474. The number of para-hydroxylation sites is 2. The van der Waals surface area contributed by atoms with Gasteiger partial charge >= 0.3 is 5.97 Å². The minimum atomic E-state index is -0.488. The monoisotopic (exact) mass is 220 g/mol. The summed E-state index contributed by atoms with van der Waals surface area (Å²) in [5, 5.41) is 2.83. The minimum absolute atomic E-state index is 0.319. The fourth-order valence-electron chi connectivity index (χ4n) is 1.35. The molecule has 0 saturated heterocycles. The first-order valence-electron chi connectivity index (χ1n) is 4.90. The summed E-state index contributed by atoms with van der Waals surface area (Å²) in [6.45, 7) is 1.68. The molecule has 1 aromatic heterocycles. The quantitative estimate of drug-likeness (QED) is 0.799. The normalized spacial score (nSPS) is 12.4. The van der Waals surface area contributed by atoms with Gasteiger partial charge < -0.3 is 14.5 Å². The number of rotatable bonds is 3. The van der Waals surface area contributed by atoms with E-state index in [9.17, 15) is 4.79 Å². The molecular formula is C11H12N2O3. The number of aromatic nitrogens is 1. The van der Waals surface area contributed by atoms with Gasteiger partial charge in [-0.05, 0) is 19.1 Å². The van der Waals surface area contributed by atoms with Crippen LogP contribution in [0, 0.1) is 0 Å². The summed E-state index contributed by atoms with van der Waals surface area (Å²) in [5.74, 6) is -0.359. The Morgan fingerprint density at radius 3 is 2.94 bits per heavy atom.